The van der Waals surface area contributed by atoms with Gasteiger partial charge in [-0.2, -0.15) is 5.10 Å². The van der Waals surface area contributed by atoms with Gasteiger partial charge in [0, 0.05) is 11.5 Å². The molecule has 4 rings (SSSR count). The monoisotopic (exact) mass is 437 g/mol. The van der Waals surface area contributed by atoms with Crippen LogP contribution in [0.3, 0.4) is 0 Å². The van der Waals surface area contributed by atoms with Crippen LogP contribution < -0.4 is 5.32 Å². The highest BCUT2D eigenvalue weighted by molar-refractivity contribution is 5.97. The SMILES string of the molecule is Cc1ccc(-n2nc(C(C)(C)C)cc2NC(=O)C(c2ccccc2)c2ccccc2)c(C)c1. The van der Waals surface area contributed by atoms with Gasteiger partial charge in [-0.3, -0.25) is 4.79 Å². The first-order chi connectivity index (χ1) is 15.7. The van der Waals surface area contributed by atoms with Gasteiger partial charge in [-0.1, -0.05) is 99.1 Å². The first-order valence-electron chi connectivity index (χ1n) is 11.3. The van der Waals surface area contributed by atoms with Crippen molar-refractivity contribution in [3.05, 3.63) is 113 Å². The summed E-state index contributed by atoms with van der Waals surface area (Å²) >= 11 is 0. The highest BCUT2D eigenvalue weighted by Crippen LogP contribution is 2.30. The van der Waals surface area contributed by atoms with Crippen LogP contribution in [-0.4, -0.2) is 15.7 Å². The molecule has 0 spiro atoms. The summed E-state index contributed by atoms with van der Waals surface area (Å²) in [7, 11) is 0. The van der Waals surface area contributed by atoms with E-state index in [9.17, 15) is 4.79 Å². The number of hydrogen-bond acceptors (Lipinski definition) is 2. The van der Waals surface area contributed by atoms with Crippen LogP contribution in [0.4, 0.5) is 5.82 Å². The number of anilines is 1. The number of aromatic nitrogens is 2. The molecule has 1 aromatic heterocycles. The Kier molecular flexibility index (Phi) is 6.19. The third-order valence-corrected chi connectivity index (χ3v) is 5.84. The molecule has 33 heavy (non-hydrogen) atoms. The van der Waals surface area contributed by atoms with Crippen molar-refractivity contribution in [3.63, 3.8) is 0 Å². The van der Waals surface area contributed by atoms with E-state index in [1.165, 1.54) is 5.56 Å². The molecule has 0 unspecified atom stereocenters. The van der Waals surface area contributed by atoms with Crippen molar-refractivity contribution in [1.82, 2.24) is 9.78 Å². The summed E-state index contributed by atoms with van der Waals surface area (Å²) in [5.74, 6) is 0.167. The second-order valence-corrected chi connectivity index (χ2v) is 9.61. The van der Waals surface area contributed by atoms with Gasteiger partial charge in [0.05, 0.1) is 17.3 Å². The molecule has 168 valence electrons. The molecule has 4 nitrogen and oxygen atoms in total. The smallest absolute Gasteiger partial charge is 0.237 e. The zero-order valence-corrected chi connectivity index (χ0v) is 20.0. The molecule has 0 aliphatic heterocycles. The fourth-order valence-corrected chi connectivity index (χ4v) is 4.05. The molecule has 0 atom stereocenters. The lowest BCUT2D eigenvalue weighted by molar-refractivity contribution is -0.116. The molecular weight excluding hydrogens is 406 g/mol. The number of amides is 1. The molecule has 1 amide bonds. The van der Waals surface area contributed by atoms with Crippen molar-refractivity contribution in [1.29, 1.82) is 0 Å². The summed E-state index contributed by atoms with van der Waals surface area (Å²) in [4.78, 5) is 13.7. The summed E-state index contributed by atoms with van der Waals surface area (Å²) < 4.78 is 1.86. The van der Waals surface area contributed by atoms with Crippen LogP contribution in [0.15, 0.2) is 84.9 Å². The van der Waals surface area contributed by atoms with Crippen molar-refractivity contribution in [3.8, 4) is 5.69 Å². The number of carbonyl (C=O) groups is 1. The van der Waals surface area contributed by atoms with E-state index in [0.717, 1.165) is 28.1 Å². The lowest BCUT2D eigenvalue weighted by Crippen LogP contribution is -2.23. The van der Waals surface area contributed by atoms with Gasteiger partial charge in [-0.25, -0.2) is 4.68 Å². The normalized spacial score (nSPS) is 11.6. The molecule has 0 saturated carbocycles. The van der Waals surface area contributed by atoms with E-state index < -0.39 is 5.92 Å². The Morgan fingerprint density at radius 2 is 1.42 bits per heavy atom. The third kappa shape index (κ3) is 4.90. The standard InChI is InChI=1S/C29H31N3O/c1-20-16-17-24(21(2)18-20)32-26(19-25(31-32)29(3,4)5)30-28(33)27(22-12-8-6-9-13-22)23-14-10-7-11-15-23/h6-19,27H,1-5H3,(H,30,33). The van der Waals surface area contributed by atoms with Crippen LogP contribution in [0, 0.1) is 13.8 Å². The maximum absolute atomic E-state index is 13.7. The molecule has 4 heteroatoms. The minimum atomic E-state index is -0.423. The number of nitrogens with zero attached hydrogens (tertiary/aromatic N) is 2. The number of benzene rings is 3. The zero-order valence-electron chi connectivity index (χ0n) is 20.0. The summed E-state index contributed by atoms with van der Waals surface area (Å²) in [6.45, 7) is 10.5. The van der Waals surface area contributed by atoms with Crippen LogP contribution in [0.1, 0.15) is 54.6 Å². The molecule has 4 aromatic rings. The Balaban J connectivity index is 1.78. The average Bonchev–Trinajstić information content (AvgIpc) is 3.19. The molecule has 0 aliphatic carbocycles. The van der Waals surface area contributed by atoms with Crippen molar-refractivity contribution < 1.29 is 4.79 Å². The number of hydrogen-bond donors (Lipinski definition) is 1. The largest absolute Gasteiger partial charge is 0.310 e. The van der Waals surface area contributed by atoms with Crippen LogP contribution in [0.5, 0.6) is 0 Å². The van der Waals surface area contributed by atoms with Gasteiger partial charge in [0.25, 0.3) is 0 Å². The van der Waals surface area contributed by atoms with Gasteiger partial charge in [0.1, 0.15) is 5.82 Å². The Hall–Kier alpha value is -3.66. The molecule has 1 N–H and O–H groups in total. The van der Waals surface area contributed by atoms with Crippen LogP contribution in [0.2, 0.25) is 0 Å². The highest BCUT2D eigenvalue weighted by Gasteiger charge is 2.26. The number of nitrogens with one attached hydrogen (secondary N) is 1. The van der Waals surface area contributed by atoms with Gasteiger partial charge in [-0.15, -0.1) is 0 Å². The van der Waals surface area contributed by atoms with Crippen LogP contribution in [-0.2, 0) is 10.2 Å². The molecule has 0 bridgehead atoms. The van der Waals surface area contributed by atoms with Crippen molar-refractivity contribution in [2.75, 3.05) is 5.32 Å². The van der Waals surface area contributed by atoms with Gasteiger partial charge < -0.3 is 5.32 Å². The fourth-order valence-electron chi connectivity index (χ4n) is 4.05. The van der Waals surface area contributed by atoms with Gasteiger partial charge >= 0.3 is 0 Å². The molecular formula is C29H31N3O. The van der Waals surface area contributed by atoms with Crippen molar-refractivity contribution >= 4 is 11.7 Å². The van der Waals surface area contributed by atoms with E-state index in [1.54, 1.807) is 0 Å². The zero-order chi connectivity index (χ0) is 23.6. The molecule has 3 aromatic carbocycles. The molecule has 0 radical (unpaired) electrons. The van der Waals surface area contributed by atoms with E-state index in [2.05, 4.69) is 58.1 Å². The van der Waals surface area contributed by atoms with E-state index in [4.69, 9.17) is 5.10 Å². The predicted molar refractivity (Wildman–Crippen MR) is 135 cm³/mol. The van der Waals surface area contributed by atoms with Gasteiger partial charge in [0.2, 0.25) is 5.91 Å². The lowest BCUT2D eigenvalue weighted by Gasteiger charge is -2.19. The number of rotatable bonds is 5. The van der Waals surface area contributed by atoms with Crippen molar-refractivity contribution in [2.24, 2.45) is 0 Å². The molecule has 0 saturated heterocycles. The Bertz CT molecular complexity index is 1210. The number of carbonyl (C=O) groups excluding carboxylic acids is 1. The molecule has 0 aliphatic rings. The van der Waals surface area contributed by atoms with E-state index >= 15 is 0 Å². The second-order valence-electron chi connectivity index (χ2n) is 9.61. The molecule has 0 fully saturated rings. The Morgan fingerprint density at radius 3 is 1.94 bits per heavy atom. The van der Waals surface area contributed by atoms with Crippen molar-refractivity contribution in [2.45, 2.75) is 46.0 Å². The first kappa shape index (κ1) is 22.5. The summed E-state index contributed by atoms with van der Waals surface area (Å²) in [6, 6.07) is 28.1. The molecule has 1 heterocycles. The highest BCUT2D eigenvalue weighted by atomic mass is 16.2. The van der Waals surface area contributed by atoms with E-state index in [-0.39, 0.29) is 11.3 Å². The third-order valence-electron chi connectivity index (χ3n) is 5.84. The minimum absolute atomic E-state index is 0.0845. The van der Waals surface area contributed by atoms with E-state index in [0.29, 0.717) is 5.82 Å². The van der Waals surface area contributed by atoms with Crippen LogP contribution >= 0.6 is 0 Å². The van der Waals surface area contributed by atoms with Gasteiger partial charge in [-0.05, 0) is 36.6 Å². The number of aryl methyl sites for hydroxylation is 2. The lowest BCUT2D eigenvalue weighted by atomic mass is 9.90. The summed E-state index contributed by atoms with van der Waals surface area (Å²) in [6.07, 6.45) is 0. The van der Waals surface area contributed by atoms with Gasteiger partial charge in [0.15, 0.2) is 0 Å². The topological polar surface area (TPSA) is 46.9 Å². The Morgan fingerprint density at radius 1 is 0.848 bits per heavy atom. The maximum Gasteiger partial charge on any atom is 0.237 e. The van der Waals surface area contributed by atoms with E-state index in [1.807, 2.05) is 71.4 Å². The first-order valence-corrected chi connectivity index (χ1v) is 11.3. The maximum atomic E-state index is 13.7. The van der Waals surface area contributed by atoms with Crippen LogP contribution in [0.25, 0.3) is 5.69 Å². The predicted octanol–water partition coefficient (Wildman–Crippen LogP) is 6.56. The Labute approximate surface area is 196 Å². The minimum Gasteiger partial charge on any atom is -0.310 e. The fraction of sp³-hybridized carbons (Fsp3) is 0.241. The summed E-state index contributed by atoms with van der Waals surface area (Å²) in [5.41, 5.74) is 5.94. The second kappa shape index (κ2) is 9.07. The quantitative estimate of drug-likeness (QED) is 0.384. The summed E-state index contributed by atoms with van der Waals surface area (Å²) in [5, 5.41) is 8.10. The average molecular weight is 438 g/mol.